The summed E-state index contributed by atoms with van der Waals surface area (Å²) in [5.74, 6) is 0.282. The van der Waals surface area contributed by atoms with Crippen LogP contribution < -0.4 is 15.5 Å². The van der Waals surface area contributed by atoms with Crippen molar-refractivity contribution in [1.29, 1.82) is 0 Å². The molecule has 0 saturated carbocycles. The molecule has 7 heteroatoms. The van der Waals surface area contributed by atoms with Crippen LogP contribution in [0, 0.1) is 0 Å². The van der Waals surface area contributed by atoms with Crippen LogP contribution in [0.1, 0.15) is 22.2 Å². The molecule has 28 heavy (non-hydrogen) atoms. The minimum absolute atomic E-state index is 0.0351. The molecular formula is C21H21ClN2O4. The molecule has 1 heterocycles. The maximum atomic E-state index is 12.6. The SMILES string of the molecule is COc1ccc([C@@H](CNC(=O)c2cc(=O)c3cc(Cl)ccc3o2)N(C)C)cc1. The van der Waals surface area contributed by atoms with Crippen molar-refractivity contribution in [2.24, 2.45) is 0 Å². The smallest absolute Gasteiger partial charge is 0.287 e. The zero-order valence-corrected chi connectivity index (χ0v) is 16.6. The molecule has 1 aromatic heterocycles. The number of amides is 1. The minimum Gasteiger partial charge on any atom is -0.497 e. The van der Waals surface area contributed by atoms with Gasteiger partial charge in [0.1, 0.15) is 11.3 Å². The lowest BCUT2D eigenvalue weighted by Crippen LogP contribution is -2.34. The summed E-state index contributed by atoms with van der Waals surface area (Å²) in [5.41, 5.74) is 1.04. The van der Waals surface area contributed by atoms with Gasteiger partial charge in [0, 0.05) is 17.6 Å². The molecule has 0 unspecified atom stereocenters. The third kappa shape index (κ3) is 4.35. The number of fused-ring (bicyclic) bond motifs is 1. The maximum absolute atomic E-state index is 12.6. The van der Waals surface area contributed by atoms with E-state index in [4.69, 9.17) is 20.8 Å². The largest absolute Gasteiger partial charge is 0.497 e. The highest BCUT2D eigenvalue weighted by molar-refractivity contribution is 6.31. The highest BCUT2D eigenvalue weighted by atomic mass is 35.5. The van der Waals surface area contributed by atoms with Gasteiger partial charge in [0.25, 0.3) is 5.91 Å². The van der Waals surface area contributed by atoms with Crippen molar-refractivity contribution in [3.05, 3.63) is 75.1 Å². The van der Waals surface area contributed by atoms with Crippen molar-refractivity contribution in [1.82, 2.24) is 10.2 Å². The second-order valence-corrected chi connectivity index (χ2v) is 7.01. The predicted molar refractivity (Wildman–Crippen MR) is 109 cm³/mol. The third-order valence-electron chi connectivity index (χ3n) is 4.49. The number of nitrogens with zero attached hydrogens (tertiary/aromatic N) is 1. The van der Waals surface area contributed by atoms with E-state index in [9.17, 15) is 9.59 Å². The molecule has 0 fully saturated rings. The van der Waals surface area contributed by atoms with Gasteiger partial charge in [-0.25, -0.2) is 0 Å². The average molecular weight is 401 g/mol. The van der Waals surface area contributed by atoms with Gasteiger partial charge in [-0.15, -0.1) is 0 Å². The normalized spacial score (nSPS) is 12.2. The number of rotatable bonds is 6. The summed E-state index contributed by atoms with van der Waals surface area (Å²) < 4.78 is 10.8. The van der Waals surface area contributed by atoms with Crippen molar-refractivity contribution in [2.75, 3.05) is 27.7 Å². The van der Waals surface area contributed by atoms with Gasteiger partial charge in [-0.2, -0.15) is 0 Å². The molecular weight excluding hydrogens is 380 g/mol. The minimum atomic E-state index is -0.450. The van der Waals surface area contributed by atoms with Crippen molar-refractivity contribution in [3.8, 4) is 5.75 Å². The number of methoxy groups -OCH3 is 1. The Morgan fingerprint density at radius 3 is 2.54 bits per heavy atom. The van der Waals surface area contributed by atoms with Crippen LogP contribution in [0.2, 0.25) is 5.02 Å². The lowest BCUT2D eigenvalue weighted by Gasteiger charge is -2.25. The van der Waals surface area contributed by atoms with Gasteiger partial charge in [-0.1, -0.05) is 23.7 Å². The van der Waals surface area contributed by atoms with E-state index in [0.717, 1.165) is 11.3 Å². The Hall–Kier alpha value is -2.83. The van der Waals surface area contributed by atoms with Gasteiger partial charge in [0.2, 0.25) is 0 Å². The molecule has 0 aliphatic rings. The summed E-state index contributed by atoms with van der Waals surface area (Å²) in [6.45, 7) is 0.348. The van der Waals surface area contributed by atoms with Crippen LogP contribution in [0.3, 0.4) is 0 Å². The number of carbonyl (C=O) groups is 1. The van der Waals surface area contributed by atoms with Gasteiger partial charge in [0.05, 0.1) is 18.5 Å². The second-order valence-electron chi connectivity index (χ2n) is 6.58. The number of benzene rings is 2. The van der Waals surface area contributed by atoms with E-state index in [2.05, 4.69) is 5.32 Å². The Balaban J connectivity index is 1.78. The molecule has 0 aliphatic carbocycles. The summed E-state index contributed by atoms with van der Waals surface area (Å²) >= 11 is 5.91. The first kappa shape index (κ1) is 19.9. The number of likely N-dealkylation sites (N-methyl/N-ethyl adjacent to an activating group) is 1. The zero-order chi connectivity index (χ0) is 20.3. The molecule has 0 spiro atoms. The molecule has 3 rings (SSSR count). The number of ether oxygens (including phenoxy) is 1. The molecule has 6 nitrogen and oxygen atoms in total. The van der Waals surface area contributed by atoms with Crippen LogP contribution in [-0.4, -0.2) is 38.6 Å². The molecule has 1 N–H and O–H groups in total. The fraction of sp³-hybridized carbons (Fsp3) is 0.238. The highest BCUT2D eigenvalue weighted by Crippen LogP contribution is 2.21. The van der Waals surface area contributed by atoms with Crippen LogP contribution in [0.4, 0.5) is 0 Å². The van der Waals surface area contributed by atoms with Crippen LogP contribution in [-0.2, 0) is 0 Å². The number of hydrogen-bond donors (Lipinski definition) is 1. The van der Waals surface area contributed by atoms with Crippen molar-refractivity contribution in [3.63, 3.8) is 0 Å². The van der Waals surface area contributed by atoms with Crippen molar-refractivity contribution >= 4 is 28.5 Å². The molecule has 146 valence electrons. The van der Waals surface area contributed by atoms with Gasteiger partial charge in [-0.05, 0) is 50.0 Å². The number of carbonyl (C=O) groups excluding carboxylic acids is 1. The Bertz CT molecular complexity index is 1040. The van der Waals surface area contributed by atoms with E-state index in [1.165, 1.54) is 12.1 Å². The topological polar surface area (TPSA) is 71.8 Å². The summed E-state index contributed by atoms with van der Waals surface area (Å²) in [7, 11) is 5.48. The molecule has 0 bridgehead atoms. The van der Waals surface area contributed by atoms with Crippen LogP contribution >= 0.6 is 11.6 Å². The fourth-order valence-corrected chi connectivity index (χ4v) is 3.11. The van der Waals surface area contributed by atoms with Crippen LogP contribution in [0.25, 0.3) is 11.0 Å². The molecule has 0 saturated heterocycles. The number of nitrogens with one attached hydrogen (secondary N) is 1. The Morgan fingerprint density at radius 2 is 1.89 bits per heavy atom. The number of hydrogen-bond acceptors (Lipinski definition) is 5. The first-order valence-electron chi connectivity index (χ1n) is 8.71. The van der Waals surface area contributed by atoms with E-state index < -0.39 is 5.91 Å². The number of halogens is 1. The molecule has 2 aromatic carbocycles. The van der Waals surface area contributed by atoms with E-state index in [1.54, 1.807) is 19.2 Å². The Morgan fingerprint density at radius 1 is 1.18 bits per heavy atom. The van der Waals surface area contributed by atoms with E-state index in [1.807, 2.05) is 43.3 Å². The Labute approximate surface area is 167 Å². The summed E-state index contributed by atoms with van der Waals surface area (Å²) in [6.07, 6.45) is 0. The molecule has 1 atom stereocenters. The van der Waals surface area contributed by atoms with Crippen LogP contribution in [0.5, 0.6) is 5.75 Å². The maximum Gasteiger partial charge on any atom is 0.287 e. The molecule has 3 aromatic rings. The Kier molecular flexibility index (Phi) is 6.02. The highest BCUT2D eigenvalue weighted by Gasteiger charge is 2.18. The van der Waals surface area contributed by atoms with Gasteiger partial charge < -0.3 is 19.4 Å². The van der Waals surface area contributed by atoms with Crippen molar-refractivity contribution in [2.45, 2.75) is 6.04 Å². The lowest BCUT2D eigenvalue weighted by molar-refractivity contribution is 0.0914. The molecule has 0 radical (unpaired) electrons. The predicted octanol–water partition coefficient (Wildman–Crippen LogP) is 3.49. The second kappa shape index (κ2) is 8.46. The summed E-state index contributed by atoms with van der Waals surface area (Å²) in [5, 5.41) is 3.62. The van der Waals surface area contributed by atoms with Gasteiger partial charge >= 0.3 is 0 Å². The van der Waals surface area contributed by atoms with Gasteiger partial charge in [-0.3, -0.25) is 9.59 Å². The fourth-order valence-electron chi connectivity index (χ4n) is 2.94. The van der Waals surface area contributed by atoms with E-state index >= 15 is 0 Å². The standard InChI is InChI=1S/C21H21ClN2O4/c1-24(2)17(13-4-7-15(27-3)8-5-13)12-23-21(26)20-11-18(25)16-10-14(22)6-9-19(16)28-20/h4-11,17H,12H2,1-3H3,(H,23,26)/t17-/m1/s1. The molecule has 1 amide bonds. The quantitative estimate of drug-likeness (QED) is 0.685. The molecule has 0 aliphatic heterocycles. The third-order valence-corrected chi connectivity index (χ3v) is 4.73. The monoisotopic (exact) mass is 400 g/mol. The van der Waals surface area contributed by atoms with Crippen molar-refractivity contribution < 1.29 is 13.9 Å². The van der Waals surface area contributed by atoms with E-state index in [-0.39, 0.29) is 17.2 Å². The summed E-state index contributed by atoms with van der Waals surface area (Å²) in [4.78, 5) is 26.8. The van der Waals surface area contributed by atoms with Gasteiger partial charge in [0.15, 0.2) is 11.2 Å². The van der Waals surface area contributed by atoms with Crippen LogP contribution in [0.15, 0.2) is 57.7 Å². The van der Waals surface area contributed by atoms with E-state index in [0.29, 0.717) is 22.5 Å². The summed E-state index contributed by atoms with van der Waals surface area (Å²) in [6, 6.07) is 13.5. The zero-order valence-electron chi connectivity index (χ0n) is 15.9. The lowest BCUT2D eigenvalue weighted by atomic mass is 10.1. The average Bonchev–Trinajstić information content (AvgIpc) is 2.68. The first-order valence-corrected chi connectivity index (χ1v) is 9.09. The first-order chi connectivity index (χ1) is 13.4.